The fraction of sp³-hybridized carbons (Fsp3) is 0.0833. The SMILES string of the molecule is Cc1ccc2c(c1)c1cc(C)ccc1n2-c1cc(N(c2ccc(C#N)cc2)c2ccc(C#N)cc2)cc(-n2c3ccc(C)cc3c3cc(C)ccc32)c1. The van der Waals surface area contributed by atoms with E-state index in [-0.39, 0.29) is 0 Å². The van der Waals surface area contributed by atoms with Crippen LogP contribution >= 0.6 is 0 Å². The van der Waals surface area contributed by atoms with Crippen LogP contribution in [0, 0.1) is 50.4 Å². The number of nitrogens with zero attached hydrogens (tertiary/aromatic N) is 5. The number of fused-ring (bicyclic) bond motifs is 6. The molecule has 0 radical (unpaired) electrons. The monoisotopic (exact) mass is 681 g/mol. The molecule has 2 aromatic heterocycles. The molecule has 0 aliphatic carbocycles. The van der Waals surface area contributed by atoms with Crippen LogP contribution in [0.4, 0.5) is 17.1 Å². The van der Waals surface area contributed by atoms with Crippen LogP contribution in [0.15, 0.2) is 140 Å². The van der Waals surface area contributed by atoms with Crippen molar-refractivity contribution in [2.45, 2.75) is 27.7 Å². The minimum atomic E-state index is 0.592. The zero-order chi connectivity index (χ0) is 36.4. The molecular formula is C48H35N5. The summed E-state index contributed by atoms with van der Waals surface area (Å²) in [7, 11) is 0. The predicted molar refractivity (Wildman–Crippen MR) is 218 cm³/mol. The van der Waals surface area contributed by atoms with Crippen LogP contribution in [-0.4, -0.2) is 9.13 Å². The standard InChI is InChI=1S/C48H35N5/c1-30-5-17-45-41(21-30)42-22-31(2)6-18-46(42)52(45)39-25-38(51(36-13-9-34(28-49)10-14-36)37-15-11-35(29-50)12-16-37)26-40(27-39)53-47-19-7-32(3)23-43(47)44-24-33(4)8-20-48(44)53/h5-27H,1-4H3. The molecule has 9 aromatic rings. The molecule has 0 fully saturated rings. The molecule has 9 rings (SSSR count). The highest BCUT2D eigenvalue weighted by Gasteiger charge is 2.21. The van der Waals surface area contributed by atoms with Crippen LogP contribution in [0.2, 0.25) is 0 Å². The van der Waals surface area contributed by atoms with Gasteiger partial charge in [0.1, 0.15) is 0 Å². The Morgan fingerprint density at radius 2 is 0.698 bits per heavy atom. The summed E-state index contributed by atoms with van der Waals surface area (Å²) in [4.78, 5) is 2.21. The Morgan fingerprint density at radius 1 is 0.377 bits per heavy atom. The van der Waals surface area contributed by atoms with E-state index >= 15 is 0 Å². The number of hydrogen-bond acceptors (Lipinski definition) is 3. The van der Waals surface area contributed by atoms with Crippen molar-refractivity contribution in [3.63, 3.8) is 0 Å². The van der Waals surface area contributed by atoms with Crippen molar-refractivity contribution in [1.29, 1.82) is 10.5 Å². The number of nitriles is 2. The Hall–Kier alpha value is -7.08. The molecule has 5 heteroatoms. The normalized spacial score (nSPS) is 11.4. The van der Waals surface area contributed by atoms with Gasteiger partial charge in [0.25, 0.3) is 0 Å². The molecule has 0 amide bonds. The maximum absolute atomic E-state index is 9.66. The van der Waals surface area contributed by atoms with Crippen molar-refractivity contribution < 1.29 is 0 Å². The fourth-order valence-electron chi connectivity index (χ4n) is 7.84. The predicted octanol–water partition coefficient (Wildman–Crippen LogP) is 12.3. The number of hydrogen-bond donors (Lipinski definition) is 0. The highest BCUT2D eigenvalue weighted by Crippen LogP contribution is 2.42. The molecule has 0 N–H and O–H groups in total. The zero-order valence-electron chi connectivity index (χ0n) is 30.0. The van der Waals surface area contributed by atoms with E-state index in [1.165, 1.54) is 43.8 Å². The van der Waals surface area contributed by atoms with Crippen molar-refractivity contribution in [3.8, 4) is 23.5 Å². The maximum atomic E-state index is 9.66. The average Bonchev–Trinajstić information content (AvgIpc) is 3.66. The molecule has 0 aliphatic rings. The van der Waals surface area contributed by atoms with Crippen LogP contribution in [0.5, 0.6) is 0 Å². The van der Waals surface area contributed by atoms with Gasteiger partial charge in [0.2, 0.25) is 0 Å². The zero-order valence-corrected chi connectivity index (χ0v) is 30.0. The van der Waals surface area contributed by atoms with Gasteiger partial charge in [-0.05, 0) is 143 Å². The molecule has 7 aromatic carbocycles. The number of aromatic nitrogens is 2. The van der Waals surface area contributed by atoms with Crippen molar-refractivity contribution in [2.75, 3.05) is 4.90 Å². The van der Waals surface area contributed by atoms with Crippen LogP contribution in [0.25, 0.3) is 55.0 Å². The topological polar surface area (TPSA) is 60.7 Å². The smallest absolute Gasteiger partial charge is 0.0991 e. The summed E-state index contributed by atoms with van der Waals surface area (Å²) in [5.74, 6) is 0. The van der Waals surface area contributed by atoms with Gasteiger partial charge in [-0.1, -0.05) is 46.5 Å². The van der Waals surface area contributed by atoms with Gasteiger partial charge in [-0.2, -0.15) is 10.5 Å². The third-order valence-corrected chi connectivity index (χ3v) is 10.3. The highest BCUT2D eigenvalue weighted by atomic mass is 15.1. The number of benzene rings is 7. The first-order valence-electron chi connectivity index (χ1n) is 17.8. The molecule has 0 unspecified atom stereocenters. The van der Waals surface area contributed by atoms with Crippen molar-refractivity contribution in [1.82, 2.24) is 9.13 Å². The van der Waals surface area contributed by atoms with Gasteiger partial charge in [0.15, 0.2) is 0 Å². The van der Waals surface area contributed by atoms with E-state index in [0.29, 0.717) is 11.1 Å². The van der Waals surface area contributed by atoms with Crippen LogP contribution < -0.4 is 4.90 Å². The summed E-state index contributed by atoms with van der Waals surface area (Å²) in [5.41, 5.74) is 15.4. The first kappa shape index (κ1) is 31.9. The first-order chi connectivity index (χ1) is 25.8. The lowest BCUT2D eigenvalue weighted by atomic mass is 10.1. The van der Waals surface area contributed by atoms with Gasteiger partial charge in [-0.15, -0.1) is 0 Å². The van der Waals surface area contributed by atoms with E-state index < -0.39 is 0 Å². The van der Waals surface area contributed by atoms with Crippen LogP contribution in [0.3, 0.4) is 0 Å². The maximum Gasteiger partial charge on any atom is 0.0991 e. The molecule has 5 nitrogen and oxygen atoms in total. The van der Waals surface area contributed by atoms with E-state index in [1.54, 1.807) is 0 Å². The molecule has 53 heavy (non-hydrogen) atoms. The molecule has 0 spiro atoms. The van der Waals surface area contributed by atoms with E-state index in [9.17, 15) is 10.5 Å². The molecule has 0 saturated heterocycles. The number of aryl methyl sites for hydroxylation is 4. The number of rotatable bonds is 5. The van der Waals surface area contributed by atoms with Crippen LogP contribution in [0.1, 0.15) is 33.4 Å². The lowest BCUT2D eigenvalue weighted by Crippen LogP contribution is -2.12. The molecule has 0 saturated carbocycles. The Labute approximate surface area is 308 Å². The van der Waals surface area contributed by atoms with Crippen molar-refractivity contribution in [3.05, 3.63) is 173 Å². The minimum absolute atomic E-state index is 0.592. The Bertz CT molecular complexity index is 2680. The third-order valence-electron chi connectivity index (χ3n) is 10.3. The van der Waals surface area contributed by atoms with E-state index in [2.05, 4.69) is 145 Å². The second-order valence-electron chi connectivity index (χ2n) is 14.1. The molecular weight excluding hydrogens is 647 g/mol. The lowest BCUT2D eigenvalue weighted by molar-refractivity contribution is 1.12. The lowest BCUT2D eigenvalue weighted by Gasteiger charge is -2.27. The molecule has 0 atom stereocenters. The first-order valence-corrected chi connectivity index (χ1v) is 17.8. The van der Waals surface area contributed by atoms with Gasteiger partial charge in [0, 0.05) is 32.9 Å². The molecule has 252 valence electrons. The summed E-state index contributed by atoms with van der Waals surface area (Å²) in [5, 5.41) is 24.2. The highest BCUT2D eigenvalue weighted by molar-refractivity contribution is 6.11. The van der Waals surface area contributed by atoms with Gasteiger partial charge in [0.05, 0.1) is 62.4 Å². The van der Waals surface area contributed by atoms with Gasteiger partial charge in [-0.3, -0.25) is 0 Å². The second-order valence-corrected chi connectivity index (χ2v) is 14.1. The summed E-state index contributed by atoms with van der Waals surface area (Å²) >= 11 is 0. The average molecular weight is 682 g/mol. The van der Waals surface area contributed by atoms with Gasteiger partial charge in [-0.25, -0.2) is 0 Å². The number of anilines is 3. The third kappa shape index (κ3) is 5.30. The van der Waals surface area contributed by atoms with Gasteiger partial charge >= 0.3 is 0 Å². The molecule has 0 aliphatic heterocycles. The summed E-state index contributed by atoms with van der Waals surface area (Å²) in [6, 6.07) is 53.5. The van der Waals surface area contributed by atoms with Crippen molar-refractivity contribution >= 4 is 60.7 Å². The summed E-state index contributed by atoms with van der Waals surface area (Å²) in [6.45, 7) is 8.59. The minimum Gasteiger partial charge on any atom is -0.310 e. The molecule has 0 bridgehead atoms. The Morgan fingerprint density at radius 3 is 1.00 bits per heavy atom. The van der Waals surface area contributed by atoms with E-state index in [0.717, 1.165) is 50.5 Å². The molecule has 2 heterocycles. The van der Waals surface area contributed by atoms with E-state index in [1.807, 2.05) is 48.5 Å². The van der Waals surface area contributed by atoms with Gasteiger partial charge < -0.3 is 14.0 Å². The quantitative estimate of drug-likeness (QED) is 0.182. The Kier molecular flexibility index (Phi) is 7.40. The largest absolute Gasteiger partial charge is 0.310 e. The van der Waals surface area contributed by atoms with Crippen molar-refractivity contribution in [2.24, 2.45) is 0 Å². The summed E-state index contributed by atoms with van der Waals surface area (Å²) < 4.78 is 4.77. The Balaban J connectivity index is 1.41. The fourth-order valence-corrected chi connectivity index (χ4v) is 7.84. The second kappa shape index (κ2) is 12.3. The van der Waals surface area contributed by atoms with Crippen LogP contribution in [-0.2, 0) is 0 Å². The van der Waals surface area contributed by atoms with E-state index in [4.69, 9.17) is 0 Å². The summed E-state index contributed by atoms with van der Waals surface area (Å²) in [6.07, 6.45) is 0.